The molecule has 0 bridgehead atoms. The molecule has 1 aromatic heterocycles. The van der Waals surface area contributed by atoms with Crippen LogP contribution in [0.2, 0.25) is 0 Å². The Kier molecular flexibility index (Phi) is 7.54. The van der Waals surface area contributed by atoms with E-state index in [-0.39, 0.29) is 11.9 Å². The quantitative estimate of drug-likeness (QED) is 0.683. The molecule has 1 saturated heterocycles. The van der Waals surface area contributed by atoms with Crippen LogP contribution < -0.4 is 4.90 Å². The largest absolute Gasteiger partial charge is 0.417 e. The van der Waals surface area contributed by atoms with E-state index in [1.807, 2.05) is 54.0 Å². The van der Waals surface area contributed by atoms with E-state index in [4.69, 9.17) is 0 Å². The van der Waals surface area contributed by atoms with Gasteiger partial charge in [0.1, 0.15) is 11.9 Å². The third kappa shape index (κ3) is 5.55. The van der Waals surface area contributed by atoms with Crippen molar-refractivity contribution >= 4 is 11.7 Å². The second-order valence-electron chi connectivity index (χ2n) is 7.60. The molecule has 1 unspecified atom stereocenters. The van der Waals surface area contributed by atoms with Gasteiger partial charge < -0.3 is 9.80 Å². The van der Waals surface area contributed by atoms with E-state index in [1.54, 1.807) is 0 Å². The van der Waals surface area contributed by atoms with Crippen molar-refractivity contribution in [1.82, 2.24) is 14.8 Å². The molecule has 1 amide bonds. The highest BCUT2D eigenvalue weighted by molar-refractivity contribution is 5.83. The van der Waals surface area contributed by atoms with Crippen LogP contribution >= 0.6 is 0 Å². The number of rotatable bonds is 6. The SMILES string of the molecule is CCN(CC)C(C(=O)N1CCCN(c2ccc(C(F)(F)F)cn2)CC1)c1ccccc1. The predicted octanol–water partition coefficient (Wildman–Crippen LogP) is 4.22. The van der Waals surface area contributed by atoms with Crippen LogP contribution in [0.3, 0.4) is 0 Å². The molecular weight excluding hydrogens is 405 g/mol. The summed E-state index contributed by atoms with van der Waals surface area (Å²) in [5.41, 5.74) is 0.217. The Morgan fingerprint density at radius 2 is 1.74 bits per heavy atom. The van der Waals surface area contributed by atoms with Crippen molar-refractivity contribution in [3.8, 4) is 0 Å². The molecule has 0 saturated carbocycles. The number of halogens is 3. The normalized spacial score (nSPS) is 16.3. The third-order valence-electron chi connectivity index (χ3n) is 5.73. The maximum atomic E-state index is 13.5. The Morgan fingerprint density at radius 3 is 2.32 bits per heavy atom. The fourth-order valence-electron chi connectivity index (χ4n) is 4.01. The summed E-state index contributed by atoms with van der Waals surface area (Å²) in [4.78, 5) is 23.5. The zero-order valence-corrected chi connectivity index (χ0v) is 18.0. The first-order valence-electron chi connectivity index (χ1n) is 10.7. The van der Waals surface area contributed by atoms with Crippen LogP contribution in [-0.2, 0) is 11.0 Å². The summed E-state index contributed by atoms with van der Waals surface area (Å²) >= 11 is 0. The van der Waals surface area contributed by atoms with Gasteiger partial charge in [0, 0.05) is 32.4 Å². The highest BCUT2D eigenvalue weighted by atomic mass is 19.4. The Hall–Kier alpha value is -2.61. The molecule has 5 nitrogen and oxygen atoms in total. The molecule has 1 aliphatic rings. The minimum absolute atomic E-state index is 0.0668. The molecule has 8 heteroatoms. The fraction of sp³-hybridized carbons (Fsp3) is 0.478. The number of pyridine rings is 1. The van der Waals surface area contributed by atoms with Crippen molar-refractivity contribution in [2.45, 2.75) is 32.5 Å². The van der Waals surface area contributed by atoms with E-state index in [2.05, 4.69) is 9.88 Å². The first-order valence-corrected chi connectivity index (χ1v) is 10.7. The molecule has 1 aliphatic heterocycles. The number of alkyl halides is 3. The van der Waals surface area contributed by atoms with E-state index in [0.29, 0.717) is 32.0 Å². The van der Waals surface area contributed by atoms with Crippen molar-refractivity contribution < 1.29 is 18.0 Å². The van der Waals surface area contributed by atoms with Gasteiger partial charge in [-0.2, -0.15) is 13.2 Å². The van der Waals surface area contributed by atoms with E-state index < -0.39 is 11.7 Å². The van der Waals surface area contributed by atoms with Crippen molar-refractivity contribution in [3.05, 3.63) is 59.8 Å². The highest BCUT2D eigenvalue weighted by Gasteiger charge is 2.32. The van der Waals surface area contributed by atoms with Crippen LogP contribution in [-0.4, -0.2) is 60.0 Å². The van der Waals surface area contributed by atoms with Gasteiger partial charge in [-0.25, -0.2) is 4.98 Å². The Bertz CT molecular complexity index is 838. The minimum Gasteiger partial charge on any atom is -0.355 e. The number of benzene rings is 1. The molecule has 0 aliphatic carbocycles. The second kappa shape index (κ2) is 10.1. The monoisotopic (exact) mass is 434 g/mol. The maximum absolute atomic E-state index is 13.5. The molecule has 1 aromatic carbocycles. The van der Waals surface area contributed by atoms with E-state index >= 15 is 0 Å². The molecule has 1 atom stereocenters. The maximum Gasteiger partial charge on any atom is 0.417 e. The van der Waals surface area contributed by atoms with Crippen LogP contribution in [0, 0.1) is 0 Å². The fourth-order valence-corrected chi connectivity index (χ4v) is 4.01. The highest BCUT2D eigenvalue weighted by Crippen LogP contribution is 2.30. The molecule has 2 heterocycles. The zero-order chi connectivity index (χ0) is 22.4. The Labute approximate surface area is 181 Å². The first kappa shape index (κ1) is 23.1. The number of amides is 1. The smallest absolute Gasteiger partial charge is 0.355 e. The minimum atomic E-state index is -4.40. The van der Waals surface area contributed by atoms with Gasteiger partial charge in [-0.15, -0.1) is 0 Å². The molecule has 0 radical (unpaired) electrons. The van der Waals surface area contributed by atoms with Gasteiger partial charge in [0.25, 0.3) is 0 Å². The van der Waals surface area contributed by atoms with Crippen LogP contribution in [0.4, 0.5) is 19.0 Å². The molecule has 168 valence electrons. The molecule has 1 fully saturated rings. The van der Waals surface area contributed by atoms with E-state index in [1.165, 1.54) is 6.07 Å². The van der Waals surface area contributed by atoms with Crippen LogP contribution in [0.1, 0.15) is 37.4 Å². The van der Waals surface area contributed by atoms with Gasteiger partial charge in [0.2, 0.25) is 5.91 Å². The number of likely N-dealkylation sites (N-methyl/N-ethyl adjacent to an activating group) is 1. The number of anilines is 1. The topological polar surface area (TPSA) is 39.7 Å². The lowest BCUT2D eigenvalue weighted by Crippen LogP contribution is -2.44. The molecule has 2 aromatic rings. The summed E-state index contributed by atoms with van der Waals surface area (Å²) in [5.74, 6) is 0.572. The van der Waals surface area contributed by atoms with Crippen LogP contribution in [0.15, 0.2) is 48.7 Å². The lowest BCUT2D eigenvalue weighted by atomic mass is 10.0. The van der Waals surface area contributed by atoms with E-state index in [9.17, 15) is 18.0 Å². The summed E-state index contributed by atoms with van der Waals surface area (Å²) in [7, 11) is 0. The first-order chi connectivity index (χ1) is 14.8. The van der Waals surface area contributed by atoms with Gasteiger partial charge in [-0.05, 0) is 37.2 Å². The van der Waals surface area contributed by atoms with Gasteiger partial charge >= 0.3 is 6.18 Å². The molecule has 0 spiro atoms. The molecule has 0 N–H and O–H groups in total. The number of hydrogen-bond acceptors (Lipinski definition) is 4. The number of aromatic nitrogens is 1. The summed E-state index contributed by atoms with van der Waals surface area (Å²) in [5, 5.41) is 0. The lowest BCUT2D eigenvalue weighted by Gasteiger charge is -2.33. The molecule has 3 rings (SSSR count). The number of hydrogen-bond donors (Lipinski definition) is 0. The van der Waals surface area contributed by atoms with Gasteiger partial charge in [0.05, 0.1) is 5.56 Å². The summed E-state index contributed by atoms with van der Waals surface area (Å²) in [6.07, 6.45) is -2.80. The summed E-state index contributed by atoms with van der Waals surface area (Å²) in [6, 6.07) is 11.9. The average Bonchev–Trinajstić information content (AvgIpc) is 3.03. The molecule has 31 heavy (non-hydrogen) atoms. The second-order valence-corrected chi connectivity index (χ2v) is 7.60. The summed E-state index contributed by atoms with van der Waals surface area (Å²) in [6.45, 7) is 7.91. The van der Waals surface area contributed by atoms with Crippen LogP contribution in [0.25, 0.3) is 0 Å². The number of carbonyl (C=O) groups excluding carboxylic acids is 1. The van der Waals surface area contributed by atoms with Crippen LogP contribution in [0.5, 0.6) is 0 Å². The van der Waals surface area contributed by atoms with Crippen molar-refractivity contribution in [1.29, 1.82) is 0 Å². The van der Waals surface area contributed by atoms with Crippen molar-refractivity contribution in [3.63, 3.8) is 0 Å². The van der Waals surface area contributed by atoms with Crippen molar-refractivity contribution in [2.75, 3.05) is 44.2 Å². The molecular formula is C23H29F3N4O. The van der Waals surface area contributed by atoms with Crippen molar-refractivity contribution in [2.24, 2.45) is 0 Å². The van der Waals surface area contributed by atoms with Gasteiger partial charge in [0.15, 0.2) is 0 Å². The Morgan fingerprint density at radius 1 is 1.03 bits per heavy atom. The number of nitrogens with zero attached hydrogens (tertiary/aromatic N) is 4. The summed E-state index contributed by atoms with van der Waals surface area (Å²) < 4.78 is 38.4. The lowest BCUT2D eigenvalue weighted by molar-refractivity contribution is -0.138. The van der Waals surface area contributed by atoms with E-state index in [0.717, 1.165) is 37.3 Å². The third-order valence-corrected chi connectivity index (χ3v) is 5.73. The Balaban J connectivity index is 1.73. The number of carbonyl (C=O) groups is 1. The predicted molar refractivity (Wildman–Crippen MR) is 115 cm³/mol. The zero-order valence-electron chi connectivity index (χ0n) is 18.0. The average molecular weight is 435 g/mol. The standard InChI is InChI=1S/C23H29F3N4O/c1-3-28(4-2)21(18-9-6-5-7-10-18)22(31)30-14-8-13-29(15-16-30)20-12-11-19(17-27-20)23(24,25)26/h5-7,9-12,17,21H,3-4,8,13-16H2,1-2H3. The van der Waals surface area contributed by atoms with Gasteiger partial charge in [-0.3, -0.25) is 9.69 Å². The van der Waals surface area contributed by atoms with Gasteiger partial charge in [-0.1, -0.05) is 44.2 Å².